The van der Waals surface area contributed by atoms with Crippen LogP contribution in [0.15, 0.2) is 0 Å². The quantitative estimate of drug-likeness (QED) is 0.601. The van der Waals surface area contributed by atoms with E-state index >= 15 is 0 Å². The molecule has 0 saturated carbocycles. The number of aliphatic hydroxyl groups is 1. The second-order valence-electron chi connectivity index (χ2n) is 3.04. The van der Waals surface area contributed by atoms with E-state index in [9.17, 15) is 14.7 Å². The van der Waals surface area contributed by atoms with Crippen molar-refractivity contribution in [2.24, 2.45) is 5.92 Å². The Balaban J connectivity index is 4.14. The molecule has 0 radical (unpaired) electrons. The van der Waals surface area contributed by atoms with Gasteiger partial charge in [0, 0.05) is 13.5 Å². The first kappa shape index (κ1) is 12.9. The molecule has 0 unspecified atom stereocenters. The van der Waals surface area contributed by atoms with Gasteiger partial charge in [-0.05, 0) is 13.8 Å². The third-order valence-electron chi connectivity index (χ3n) is 1.74. The molecule has 2 atom stereocenters. The van der Waals surface area contributed by atoms with Crippen LogP contribution in [-0.2, 0) is 14.3 Å². The van der Waals surface area contributed by atoms with Gasteiger partial charge in [0.25, 0.3) is 0 Å². The number of amides is 1. The first-order valence-electron chi connectivity index (χ1n) is 4.58. The molecule has 0 aromatic carbocycles. The van der Waals surface area contributed by atoms with Gasteiger partial charge in [0.15, 0.2) is 0 Å². The molecule has 0 saturated heterocycles. The number of carbonyl (C=O) groups is 2. The van der Waals surface area contributed by atoms with Gasteiger partial charge in [-0.25, -0.2) is 0 Å². The highest BCUT2D eigenvalue weighted by Gasteiger charge is 2.24. The molecule has 82 valence electrons. The number of aliphatic hydroxyl groups excluding tert-OH is 1. The molecule has 2 N–H and O–H groups in total. The second kappa shape index (κ2) is 6.37. The summed E-state index contributed by atoms with van der Waals surface area (Å²) in [5.41, 5.74) is 0. The van der Waals surface area contributed by atoms with E-state index in [4.69, 9.17) is 4.74 Å². The van der Waals surface area contributed by atoms with Crippen LogP contribution in [0.4, 0.5) is 0 Å². The molecule has 0 rings (SSSR count). The molecule has 0 heterocycles. The molecule has 5 heteroatoms. The van der Waals surface area contributed by atoms with E-state index in [-0.39, 0.29) is 19.1 Å². The molecule has 0 aromatic heterocycles. The van der Waals surface area contributed by atoms with Crippen LogP contribution in [0.3, 0.4) is 0 Å². The summed E-state index contributed by atoms with van der Waals surface area (Å²) in [6.45, 7) is 4.90. The number of esters is 1. The zero-order valence-corrected chi connectivity index (χ0v) is 8.74. The largest absolute Gasteiger partial charge is 0.466 e. The number of nitrogens with one attached hydrogen (secondary N) is 1. The Hall–Kier alpha value is -1.10. The van der Waals surface area contributed by atoms with Gasteiger partial charge in [0.05, 0.1) is 18.6 Å². The van der Waals surface area contributed by atoms with Crippen LogP contribution in [0.1, 0.15) is 20.8 Å². The maximum absolute atomic E-state index is 11.3. The minimum Gasteiger partial charge on any atom is -0.466 e. The van der Waals surface area contributed by atoms with E-state index in [1.807, 2.05) is 0 Å². The summed E-state index contributed by atoms with van der Waals surface area (Å²) in [4.78, 5) is 21.9. The van der Waals surface area contributed by atoms with E-state index in [2.05, 4.69) is 5.32 Å². The Labute approximate surface area is 83.4 Å². The van der Waals surface area contributed by atoms with Crippen molar-refractivity contribution in [3.8, 4) is 0 Å². The standard InChI is InChI=1S/C9H17NO4/c1-4-14-9(13)8(6(2)11)5-10-7(3)12/h6,8,11H,4-5H2,1-3H3,(H,10,12)/t6-,8+/m1/s1. The summed E-state index contributed by atoms with van der Waals surface area (Å²) in [7, 11) is 0. The van der Waals surface area contributed by atoms with E-state index in [0.29, 0.717) is 0 Å². The molecule has 5 nitrogen and oxygen atoms in total. The van der Waals surface area contributed by atoms with Crippen molar-refractivity contribution in [2.45, 2.75) is 26.9 Å². The third kappa shape index (κ3) is 4.81. The van der Waals surface area contributed by atoms with Crippen molar-refractivity contribution >= 4 is 11.9 Å². The molecule has 0 bridgehead atoms. The molecule has 0 aliphatic carbocycles. The van der Waals surface area contributed by atoms with E-state index < -0.39 is 18.0 Å². The maximum atomic E-state index is 11.3. The van der Waals surface area contributed by atoms with Gasteiger partial charge in [-0.3, -0.25) is 9.59 Å². The van der Waals surface area contributed by atoms with Crippen molar-refractivity contribution in [1.82, 2.24) is 5.32 Å². The topological polar surface area (TPSA) is 75.6 Å². The van der Waals surface area contributed by atoms with Crippen LogP contribution < -0.4 is 5.32 Å². The second-order valence-corrected chi connectivity index (χ2v) is 3.04. The first-order chi connectivity index (χ1) is 6.49. The summed E-state index contributed by atoms with van der Waals surface area (Å²) in [5.74, 6) is -1.42. The van der Waals surface area contributed by atoms with Crippen molar-refractivity contribution < 1.29 is 19.4 Å². The van der Waals surface area contributed by atoms with Crippen LogP contribution in [0.5, 0.6) is 0 Å². The highest BCUT2D eigenvalue weighted by Crippen LogP contribution is 2.05. The number of rotatable bonds is 5. The van der Waals surface area contributed by atoms with E-state index in [0.717, 1.165) is 0 Å². The van der Waals surface area contributed by atoms with E-state index in [1.54, 1.807) is 6.92 Å². The summed E-state index contributed by atoms with van der Waals surface area (Å²) < 4.78 is 4.75. The number of hydrogen-bond acceptors (Lipinski definition) is 4. The van der Waals surface area contributed by atoms with Gasteiger partial charge < -0.3 is 15.2 Å². The average Bonchev–Trinajstić information content (AvgIpc) is 2.03. The van der Waals surface area contributed by atoms with Crippen molar-refractivity contribution in [1.29, 1.82) is 0 Å². The van der Waals surface area contributed by atoms with Gasteiger partial charge in [-0.15, -0.1) is 0 Å². The third-order valence-corrected chi connectivity index (χ3v) is 1.74. The first-order valence-corrected chi connectivity index (χ1v) is 4.58. The van der Waals surface area contributed by atoms with Crippen molar-refractivity contribution in [3.63, 3.8) is 0 Å². The van der Waals surface area contributed by atoms with Crippen LogP contribution in [0.2, 0.25) is 0 Å². The number of carbonyl (C=O) groups excluding carboxylic acids is 2. The van der Waals surface area contributed by atoms with Gasteiger partial charge in [-0.1, -0.05) is 0 Å². The zero-order chi connectivity index (χ0) is 11.1. The average molecular weight is 203 g/mol. The van der Waals surface area contributed by atoms with Crippen LogP contribution >= 0.6 is 0 Å². The minimum absolute atomic E-state index is 0.103. The van der Waals surface area contributed by atoms with Gasteiger partial charge >= 0.3 is 5.97 Å². The zero-order valence-electron chi connectivity index (χ0n) is 8.74. The molecule has 0 aliphatic heterocycles. The predicted octanol–water partition coefficient (Wildman–Crippen LogP) is -0.317. The van der Waals surface area contributed by atoms with Crippen LogP contribution in [0, 0.1) is 5.92 Å². The molecule has 1 amide bonds. The Morgan fingerprint density at radius 1 is 1.50 bits per heavy atom. The Morgan fingerprint density at radius 2 is 2.07 bits per heavy atom. The number of ether oxygens (including phenoxy) is 1. The van der Waals surface area contributed by atoms with Gasteiger partial charge in [-0.2, -0.15) is 0 Å². The fraction of sp³-hybridized carbons (Fsp3) is 0.778. The molecule has 0 aliphatic rings. The monoisotopic (exact) mass is 203 g/mol. The molecule has 0 fully saturated rings. The summed E-state index contributed by atoms with van der Waals surface area (Å²) in [5, 5.41) is 11.7. The molecule has 14 heavy (non-hydrogen) atoms. The van der Waals surface area contributed by atoms with Crippen molar-refractivity contribution in [3.05, 3.63) is 0 Å². The minimum atomic E-state index is -0.833. The molecule has 0 spiro atoms. The highest BCUT2D eigenvalue weighted by molar-refractivity contribution is 5.76. The lowest BCUT2D eigenvalue weighted by Gasteiger charge is -2.17. The van der Waals surface area contributed by atoms with Gasteiger partial charge in [0.2, 0.25) is 5.91 Å². The Morgan fingerprint density at radius 3 is 2.43 bits per heavy atom. The Bertz CT molecular complexity index is 203. The summed E-state index contributed by atoms with van der Waals surface area (Å²) in [6.07, 6.45) is -0.833. The van der Waals surface area contributed by atoms with Gasteiger partial charge in [0.1, 0.15) is 0 Å². The van der Waals surface area contributed by atoms with Crippen molar-refractivity contribution in [2.75, 3.05) is 13.2 Å². The van der Waals surface area contributed by atoms with Crippen LogP contribution in [0.25, 0.3) is 0 Å². The number of hydrogen-bond donors (Lipinski definition) is 2. The lowest BCUT2D eigenvalue weighted by molar-refractivity contribution is -0.151. The summed E-state index contributed by atoms with van der Waals surface area (Å²) in [6, 6.07) is 0. The van der Waals surface area contributed by atoms with E-state index in [1.165, 1.54) is 13.8 Å². The summed E-state index contributed by atoms with van der Waals surface area (Å²) >= 11 is 0. The molecular formula is C9H17NO4. The normalized spacial score (nSPS) is 14.3. The maximum Gasteiger partial charge on any atom is 0.313 e. The highest BCUT2D eigenvalue weighted by atomic mass is 16.5. The molecule has 0 aromatic rings. The fourth-order valence-electron chi connectivity index (χ4n) is 0.954. The van der Waals surface area contributed by atoms with Crippen LogP contribution in [-0.4, -0.2) is 36.2 Å². The predicted molar refractivity (Wildman–Crippen MR) is 50.5 cm³/mol. The SMILES string of the molecule is CCOC(=O)[C@@H](CNC(C)=O)[C@@H](C)O. The lowest BCUT2D eigenvalue weighted by Crippen LogP contribution is -2.38. The molecular weight excluding hydrogens is 186 g/mol. The Kier molecular flexibility index (Phi) is 5.87. The smallest absolute Gasteiger partial charge is 0.313 e. The lowest BCUT2D eigenvalue weighted by atomic mass is 10.0. The fourth-order valence-corrected chi connectivity index (χ4v) is 0.954.